The van der Waals surface area contributed by atoms with Gasteiger partial charge in [0.25, 0.3) is 0 Å². The summed E-state index contributed by atoms with van der Waals surface area (Å²) in [4.78, 5) is 13.9. The van der Waals surface area contributed by atoms with Gasteiger partial charge in [-0.25, -0.2) is 0 Å². The summed E-state index contributed by atoms with van der Waals surface area (Å²) in [5, 5.41) is 13.4. The van der Waals surface area contributed by atoms with Crippen LogP contribution in [0, 0.1) is 17.8 Å². The van der Waals surface area contributed by atoms with Gasteiger partial charge in [-0.05, 0) is 69.1 Å². The molecule has 0 radical (unpaired) electrons. The zero-order chi connectivity index (χ0) is 13.7. The highest BCUT2D eigenvalue weighted by Gasteiger charge is 2.50. The first-order valence-corrected chi connectivity index (χ1v) is 8.36. The van der Waals surface area contributed by atoms with Crippen molar-refractivity contribution in [2.45, 2.75) is 63.1 Å². The summed E-state index contributed by atoms with van der Waals surface area (Å²) in [6.45, 7) is 1.14. The Hall–Kier alpha value is -0.610. The second-order valence-corrected chi connectivity index (χ2v) is 7.76. The largest absolute Gasteiger partial charge is 0.374 e. The molecule has 0 unspecified atom stereocenters. The van der Waals surface area contributed by atoms with Crippen molar-refractivity contribution < 1.29 is 9.90 Å². The zero-order valence-corrected chi connectivity index (χ0v) is 12.2. The molecule has 1 amide bonds. The second kappa shape index (κ2) is 4.70. The lowest BCUT2D eigenvalue weighted by atomic mass is 9.53. The molecule has 4 aliphatic carbocycles. The van der Waals surface area contributed by atoms with Crippen molar-refractivity contribution in [1.29, 1.82) is 0 Å². The highest BCUT2D eigenvalue weighted by molar-refractivity contribution is 5.78. The van der Waals surface area contributed by atoms with E-state index in [1.165, 1.54) is 38.5 Å². The highest BCUT2D eigenvalue weighted by atomic mass is 16.3. The molecule has 0 aromatic carbocycles. The maximum Gasteiger partial charge on any atom is 0.238 e. The number of rotatable bonds is 3. The Morgan fingerprint density at radius 2 is 1.75 bits per heavy atom. The van der Waals surface area contributed by atoms with Gasteiger partial charge in [0.1, 0.15) is 6.23 Å². The van der Waals surface area contributed by atoms with Crippen molar-refractivity contribution in [3.05, 3.63) is 0 Å². The van der Waals surface area contributed by atoms with Gasteiger partial charge in [0, 0.05) is 12.1 Å². The van der Waals surface area contributed by atoms with E-state index < -0.39 is 6.23 Å². The summed E-state index contributed by atoms with van der Waals surface area (Å²) >= 11 is 0. The van der Waals surface area contributed by atoms with E-state index in [0.29, 0.717) is 6.54 Å². The van der Waals surface area contributed by atoms with Gasteiger partial charge >= 0.3 is 0 Å². The molecule has 1 aliphatic heterocycles. The fraction of sp³-hybridized carbons (Fsp3) is 0.938. The summed E-state index contributed by atoms with van der Waals surface area (Å²) in [7, 11) is 0. The lowest BCUT2D eigenvalue weighted by molar-refractivity contribution is -0.138. The molecule has 5 fully saturated rings. The van der Waals surface area contributed by atoms with E-state index in [1.54, 1.807) is 4.90 Å². The van der Waals surface area contributed by atoms with E-state index in [1.807, 2.05) is 0 Å². The molecule has 2 N–H and O–H groups in total. The van der Waals surface area contributed by atoms with Crippen LogP contribution in [0.1, 0.15) is 51.4 Å². The first-order valence-electron chi connectivity index (χ1n) is 8.36. The predicted octanol–water partition coefficient (Wildman–Crippen LogP) is 1.49. The first-order chi connectivity index (χ1) is 9.63. The Kier molecular flexibility index (Phi) is 3.08. The smallest absolute Gasteiger partial charge is 0.238 e. The van der Waals surface area contributed by atoms with Crippen LogP contribution in [-0.2, 0) is 4.79 Å². The summed E-state index contributed by atoms with van der Waals surface area (Å²) < 4.78 is 0. The van der Waals surface area contributed by atoms with Crippen LogP contribution in [0.15, 0.2) is 0 Å². The molecule has 112 valence electrons. The van der Waals surface area contributed by atoms with Crippen LogP contribution in [0.5, 0.6) is 0 Å². The van der Waals surface area contributed by atoms with Crippen LogP contribution in [0.25, 0.3) is 0 Å². The molecule has 4 saturated carbocycles. The van der Waals surface area contributed by atoms with E-state index >= 15 is 0 Å². The van der Waals surface area contributed by atoms with Gasteiger partial charge in [-0.2, -0.15) is 0 Å². The van der Waals surface area contributed by atoms with Crippen LogP contribution in [0.2, 0.25) is 0 Å². The molecule has 5 rings (SSSR count). The van der Waals surface area contributed by atoms with Gasteiger partial charge in [0.05, 0.1) is 6.54 Å². The quantitative estimate of drug-likeness (QED) is 0.822. The fourth-order valence-electron chi connectivity index (χ4n) is 5.73. The fourth-order valence-corrected chi connectivity index (χ4v) is 5.73. The molecule has 1 atom stereocenters. The van der Waals surface area contributed by atoms with Gasteiger partial charge in [-0.15, -0.1) is 0 Å². The third-order valence-electron chi connectivity index (χ3n) is 6.19. The Morgan fingerprint density at radius 3 is 2.25 bits per heavy atom. The Morgan fingerprint density at radius 1 is 1.15 bits per heavy atom. The average Bonchev–Trinajstić information content (AvgIpc) is 2.81. The Bertz CT molecular complexity index is 374. The normalized spacial score (nSPS) is 46.1. The van der Waals surface area contributed by atoms with E-state index in [4.69, 9.17) is 0 Å². The molecule has 1 heterocycles. The highest BCUT2D eigenvalue weighted by Crippen LogP contribution is 2.55. The number of nitrogens with zero attached hydrogens (tertiary/aromatic N) is 1. The van der Waals surface area contributed by atoms with E-state index in [0.717, 1.165) is 37.1 Å². The molecular formula is C16H26N2O2. The van der Waals surface area contributed by atoms with E-state index in [9.17, 15) is 9.90 Å². The number of amides is 1. The lowest BCUT2D eigenvalue weighted by Gasteiger charge is -2.57. The van der Waals surface area contributed by atoms with Crippen molar-refractivity contribution in [3.8, 4) is 0 Å². The summed E-state index contributed by atoms with van der Waals surface area (Å²) in [6.07, 6.45) is 9.24. The number of hydrogen-bond donors (Lipinski definition) is 2. The molecule has 4 bridgehead atoms. The van der Waals surface area contributed by atoms with Gasteiger partial charge in [0.2, 0.25) is 5.91 Å². The SMILES string of the molecule is O=C(CNC12CC3CC(CC(C3)C1)C2)N1CCC[C@H]1O. The van der Waals surface area contributed by atoms with Gasteiger partial charge < -0.3 is 15.3 Å². The third-order valence-corrected chi connectivity index (χ3v) is 6.19. The number of carbonyl (C=O) groups excluding carboxylic acids is 1. The number of aliphatic hydroxyl groups excluding tert-OH is 1. The second-order valence-electron chi connectivity index (χ2n) is 7.76. The molecule has 4 nitrogen and oxygen atoms in total. The molecule has 0 aromatic heterocycles. The average molecular weight is 278 g/mol. The van der Waals surface area contributed by atoms with Crippen LogP contribution < -0.4 is 5.32 Å². The molecule has 20 heavy (non-hydrogen) atoms. The van der Waals surface area contributed by atoms with Crippen molar-refractivity contribution in [3.63, 3.8) is 0 Å². The minimum Gasteiger partial charge on any atom is -0.374 e. The zero-order valence-electron chi connectivity index (χ0n) is 12.2. The van der Waals surface area contributed by atoms with Crippen LogP contribution in [-0.4, -0.2) is 40.8 Å². The number of carbonyl (C=O) groups is 1. The minimum absolute atomic E-state index is 0.0887. The van der Waals surface area contributed by atoms with Crippen LogP contribution in [0.3, 0.4) is 0 Å². The molecule has 5 aliphatic rings. The number of nitrogens with one attached hydrogen (secondary N) is 1. The van der Waals surface area contributed by atoms with Crippen LogP contribution >= 0.6 is 0 Å². The maximum absolute atomic E-state index is 12.3. The topological polar surface area (TPSA) is 52.6 Å². The monoisotopic (exact) mass is 278 g/mol. The van der Waals surface area contributed by atoms with Gasteiger partial charge in [-0.1, -0.05) is 0 Å². The van der Waals surface area contributed by atoms with Crippen molar-refractivity contribution >= 4 is 5.91 Å². The third kappa shape index (κ3) is 2.17. The van der Waals surface area contributed by atoms with Crippen molar-refractivity contribution in [1.82, 2.24) is 10.2 Å². The molecule has 1 saturated heterocycles. The predicted molar refractivity (Wildman–Crippen MR) is 75.9 cm³/mol. The number of likely N-dealkylation sites (tertiary alicyclic amines) is 1. The Balaban J connectivity index is 1.38. The van der Waals surface area contributed by atoms with Gasteiger partial charge in [-0.3, -0.25) is 4.79 Å². The summed E-state index contributed by atoms with van der Waals surface area (Å²) in [5.41, 5.74) is 0.245. The standard InChI is InChI=1S/C16H26N2O2/c19-14-2-1-3-18(14)15(20)10-17-16-7-11-4-12(8-16)6-13(5-11)9-16/h11-14,17,19H,1-10H2/t11?,12?,13?,14-,16?/m1/s1. The molecular weight excluding hydrogens is 252 g/mol. The molecule has 4 heteroatoms. The molecule has 0 aromatic rings. The number of aliphatic hydroxyl groups is 1. The van der Waals surface area contributed by atoms with Crippen molar-refractivity contribution in [2.75, 3.05) is 13.1 Å². The number of hydrogen-bond acceptors (Lipinski definition) is 3. The lowest BCUT2D eigenvalue weighted by Crippen LogP contribution is -2.60. The minimum atomic E-state index is -0.541. The van der Waals surface area contributed by atoms with Crippen molar-refractivity contribution in [2.24, 2.45) is 17.8 Å². The van der Waals surface area contributed by atoms with E-state index in [-0.39, 0.29) is 11.4 Å². The molecule has 0 spiro atoms. The van der Waals surface area contributed by atoms with E-state index in [2.05, 4.69) is 5.32 Å². The van der Waals surface area contributed by atoms with Crippen LogP contribution in [0.4, 0.5) is 0 Å². The first kappa shape index (κ1) is 13.1. The maximum atomic E-state index is 12.3. The van der Waals surface area contributed by atoms with Gasteiger partial charge in [0.15, 0.2) is 0 Å². The summed E-state index contributed by atoms with van der Waals surface area (Å²) in [6, 6.07) is 0. The Labute approximate surface area is 120 Å². The summed E-state index contributed by atoms with van der Waals surface area (Å²) in [5.74, 6) is 2.80.